The molecule has 0 spiro atoms. The molecular weight excluding hydrogens is 310 g/mol. The van der Waals surface area contributed by atoms with Gasteiger partial charge in [0.05, 0.1) is 4.90 Å². The first kappa shape index (κ1) is 18.0. The molecule has 0 bridgehead atoms. The Labute approximate surface area is 131 Å². The Kier molecular flexibility index (Phi) is 6.23. The summed E-state index contributed by atoms with van der Waals surface area (Å²) in [6.07, 6.45) is 2.09. The number of carbonyl (C=O) groups excluding carboxylic acids is 1. The maximum atomic E-state index is 11.6. The van der Waals surface area contributed by atoms with Gasteiger partial charge in [-0.15, -0.1) is 0 Å². The van der Waals surface area contributed by atoms with E-state index in [1.807, 2.05) is 20.8 Å². The lowest BCUT2D eigenvalue weighted by Crippen LogP contribution is -2.28. The van der Waals surface area contributed by atoms with E-state index in [1.165, 1.54) is 12.1 Å². The summed E-state index contributed by atoms with van der Waals surface area (Å²) in [5, 5.41) is 2.89. The number of amides is 1. The van der Waals surface area contributed by atoms with Crippen molar-refractivity contribution in [2.24, 2.45) is 5.41 Å². The van der Waals surface area contributed by atoms with E-state index in [4.69, 9.17) is 10.7 Å². The molecule has 1 N–H and O–H groups in total. The molecule has 0 fully saturated rings. The van der Waals surface area contributed by atoms with Gasteiger partial charge in [-0.1, -0.05) is 32.9 Å². The number of carbonyl (C=O) groups is 1. The molecule has 118 valence electrons. The van der Waals surface area contributed by atoms with Gasteiger partial charge in [0.15, 0.2) is 0 Å². The molecule has 6 heteroatoms. The molecule has 1 rings (SSSR count). The maximum absolute atomic E-state index is 11.6. The summed E-state index contributed by atoms with van der Waals surface area (Å²) in [5.41, 5.74) is 1.01. The average molecular weight is 332 g/mol. The zero-order valence-electron chi connectivity index (χ0n) is 12.6. The van der Waals surface area contributed by atoms with Crippen LogP contribution >= 0.6 is 10.7 Å². The molecule has 0 atom stereocenters. The second-order valence-electron chi connectivity index (χ2n) is 6.27. The van der Waals surface area contributed by atoms with Gasteiger partial charge in [-0.2, -0.15) is 0 Å². The first-order valence-electron chi connectivity index (χ1n) is 6.88. The van der Waals surface area contributed by atoms with E-state index < -0.39 is 9.05 Å². The summed E-state index contributed by atoms with van der Waals surface area (Å²) >= 11 is 0. The number of benzene rings is 1. The van der Waals surface area contributed by atoms with Gasteiger partial charge in [0.1, 0.15) is 0 Å². The lowest BCUT2D eigenvalue weighted by Gasteiger charge is -2.17. The molecule has 0 aliphatic heterocycles. The van der Waals surface area contributed by atoms with Gasteiger partial charge >= 0.3 is 0 Å². The first-order chi connectivity index (χ1) is 9.58. The monoisotopic (exact) mass is 331 g/mol. The van der Waals surface area contributed by atoms with Crippen LogP contribution in [0.2, 0.25) is 0 Å². The Morgan fingerprint density at radius 3 is 2.24 bits per heavy atom. The van der Waals surface area contributed by atoms with Gasteiger partial charge < -0.3 is 5.32 Å². The summed E-state index contributed by atoms with van der Waals surface area (Å²) in [4.78, 5) is 11.7. The number of nitrogens with one attached hydrogen (secondary N) is 1. The molecule has 0 aliphatic rings. The molecular formula is C15H22ClNO3S. The van der Waals surface area contributed by atoms with Crippen LogP contribution in [0.5, 0.6) is 0 Å². The van der Waals surface area contributed by atoms with Gasteiger partial charge in [0, 0.05) is 23.6 Å². The number of hydrogen-bond acceptors (Lipinski definition) is 3. The quantitative estimate of drug-likeness (QED) is 0.643. The van der Waals surface area contributed by atoms with Crippen molar-refractivity contribution in [1.29, 1.82) is 0 Å². The minimum atomic E-state index is -3.66. The maximum Gasteiger partial charge on any atom is 0.261 e. The van der Waals surface area contributed by atoms with Gasteiger partial charge in [-0.05, 0) is 36.0 Å². The molecule has 0 saturated carbocycles. The van der Waals surface area contributed by atoms with E-state index in [1.54, 1.807) is 12.1 Å². The smallest absolute Gasteiger partial charge is 0.261 e. The van der Waals surface area contributed by atoms with Crippen LogP contribution in [0.1, 0.15) is 39.2 Å². The zero-order chi connectivity index (χ0) is 16.1. The van der Waals surface area contributed by atoms with Gasteiger partial charge in [0.25, 0.3) is 9.05 Å². The fourth-order valence-electron chi connectivity index (χ4n) is 1.88. The third kappa shape index (κ3) is 7.48. The minimum absolute atomic E-state index is 0.00698. The van der Waals surface area contributed by atoms with Crippen LogP contribution in [-0.4, -0.2) is 20.9 Å². The molecule has 0 aromatic heterocycles. The molecule has 0 aliphatic carbocycles. The number of halogens is 1. The van der Waals surface area contributed by atoms with Gasteiger partial charge in [-0.25, -0.2) is 8.42 Å². The van der Waals surface area contributed by atoms with Gasteiger partial charge in [0.2, 0.25) is 5.91 Å². The Bertz CT molecular complexity index is 574. The van der Waals surface area contributed by atoms with Crippen molar-refractivity contribution in [2.75, 3.05) is 6.54 Å². The third-order valence-electron chi connectivity index (χ3n) is 2.86. The second-order valence-corrected chi connectivity index (χ2v) is 8.84. The lowest BCUT2D eigenvalue weighted by atomic mass is 9.92. The molecule has 4 nitrogen and oxygen atoms in total. The Hall–Kier alpha value is -1.07. The normalized spacial score (nSPS) is 12.2. The highest BCUT2D eigenvalue weighted by Crippen LogP contribution is 2.18. The fourth-order valence-corrected chi connectivity index (χ4v) is 2.65. The summed E-state index contributed by atoms with van der Waals surface area (Å²) in [5.74, 6) is 0.0612. The van der Waals surface area contributed by atoms with E-state index in [0.717, 1.165) is 18.4 Å². The number of aryl methyl sites for hydroxylation is 1. The first-order valence-corrected chi connectivity index (χ1v) is 9.19. The standard InChI is InChI=1S/C15H22ClNO3S/c1-15(2,3)11-14(18)17-10-4-5-12-6-8-13(9-7-12)21(16,19)20/h6-9H,4-5,10-11H2,1-3H3,(H,17,18). The zero-order valence-corrected chi connectivity index (χ0v) is 14.2. The average Bonchev–Trinajstić information content (AvgIpc) is 2.32. The van der Waals surface area contributed by atoms with Crippen LogP contribution in [0.4, 0.5) is 0 Å². The lowest BCUT2D eigenvalue weighted by molar-refractivity contribution is -0.122. The van der Waals surface area contributed by atoms with Crippen molar-refractivity contribution in [3.63, 3.8) is 0 Å². The van der Waals surface area contributed by atoms with Crippen LogP contribution in [0.3, 0.4) is 0 Å². The van der Waals surface area contributed by atoms with Crippen molar-refractivity contribution in [1.82, 2.24) is 5.32 Å². The van der Waals surface area contributed by atoms with Crippen molar-refractivity contribution in [3.05, 3.63) is 29.8 Å². The Morgan fingerprint density at radius 2 is 1.76 bits per heavy atom. The van der Waals surface area contributed by atoms with Crippen LogP contribution in [-0.2, 0) is 20.3 Å². The van der Waals surface area contributed by atoms with E-state index in [2.05, 4.69) is 5.32 Å². The molecule has 21 heavy (non-hydrogen) atoms. The highest BCUT2D eigenvalue weighted by molar-refractivity contribution is 8.13. The largest absolute Gasteiger partial charge is 0.356 e. The number of rotatable bonds is 6. The number of hydrogen-bond donors (Lipinski definition) is 1. The summed E-state index contributed by atoms with van der Waals surface area (Å²) in [7, 11) is 1.59. The topological polar surface area (TPSA) is 63.2 Å². The minimum Gasteiger partial charge on any atom is -0.356 e. The van der Waals surface area contributed by atoms with E-state index in [9.17, 15) is 13.2 Å². The molecule has 1 aromatic rings. The molecule has 0 saturated heterocycles. The molecule has 0 unspecified atom stereocenters. The predicted molar refractivity (Wildman–Crippen MR) is 84.9 cm³/mol. The Morgan fingerprint density at radius 1 is 1.19 bits per heavy atom. The predicted octanol–water partition coefficient (Wildman–Crippen LogP) is 3.10. The van der Waals surface area contributed by atoms with Crippen molar-refractivity contribution in [3.8, 4) is 0 Å². The van der Waals surface area contributed by atoms with E-state index in [0.29, 0.717) is 13.0 Å². The third-order valence-corrected chi connectivity index (χ3v) is 4.23. The molecule has 0 radical (unpaired) electrons. The van der Waals surface area contributed by atoms with Gasteiger partial charge in [-0.3, -0.25) is 4.79 Å². The highest BCUT2D eigenvalue weighted by atomic mass is 35.7. The van der Waals surface area contributed by atoms with Crippen molar-refractivity contribution >= 4 is 25.6 Å². The van der Waals surface area contributed by atoms with E-state index in [-0.39, 0.29) is 16.2 Å². The molecule has 1 aromatic carbocycles. The van der Waals surface area contributed by atoms with Crippen LogP contribution < -0.4 is 5.32 Å². The fraction of sp³-hybridized carbons (Fsp3) is 0.533. The highest BCUT2D eigenvalue weighted by Gasteiger charge is 2.15. The SMILES string of the molecule is CC(C)(C)CC(=O)NCCCc1ccc(S(=O)(=O)Cl)cc1. The van der Waals surface area contributed by atoms with Crippen LogP contribution in [0.15, 0.2) is 29.2 Å². The van der Waals surface area contributed by atoms with Crippen LogP contribution in [0, 0.1) is 5.41 Å². The van der Waals surface area contributed by atoms with Crippen LogP contribution in [0.25, 0.3) is 0 Å². The molecule has 0 heterocycles. The van der Waals surface area contributed by atoms with E-state index >= 15 is 0 Å². The van der Waals surface area contributed by atoms with Crippen molar-refractivity contribution < 1.29 is 13.2 Å². The summed E-state index contributed by atoms with van der Waals surface area (Å²) in [6.45, 7) is 6.70. The second kappa shape index (κ2) is 7.27. The summed E-state index contributed by atoms with van der Waals surface area (Å²) < 4.78 is 22.2. The molecule has 1 amide bonds. The summed E-state index contributed by atoms with van der Waals surface area (Å²) in [6, 6.07) is 6.48. The Balaban J connectivity index is 2.35. The van der Waals surface area contributed by atoms with Crippen molar-refractivity contribution in [2.45, 2.75) is 44.9 Å².